The van der Waals surface area contributed by atoms with Crippen LogP contribution >= 0.6 is 11.3 Å². The van der Waals surface area contributed by atoms with Crippen LogP contribution in [-0.2, 0) is 24.2 Å². The highest BCUT2D eigenvalue weighted by molar-refractivity contribution is 7.13. The molecule has 156 valence electrons. The van der Waals surface area contributed by atoms with E-state index in [4.69, 9.17) is 5.73 Å². The number of likely N-dealkylation sites (tertiary alicyclic amines) is 1. The molecule has 1 atom stereocenters. The van der Waals surface area contributed by atoms with Crippen LogP contribution in [0, 0.1) is 0 Å². The topological polar surface area (TPSA) is 91.5 Å². The summed E-state index contributed by atoms with van der Waals surface area (Å²) < 4.78 is 0. The van der Waals surface area contributed by atoms with E-state index in [-0.39, 0.29) is 12.3 Å². The molecular formula is C23H26N4O2S. The maximum absolute atomic E-state index is 12.2. The maximum atomic E-state index is 12.2. The van der Waals surface area contributed by atoms with E-state index >= 15 is 0 Å². The third kappa shape index (κ3) is 5.37. The standard InChI is InChI=1S/C23H26N4O2S/c24-23-26-19(15-30-23)13-22(29)25-18-7-3-17(4-8-18)14-27-11-1-2-20(27)12-16-5-9-21(28)10-6-16/h3-10,15,20,28H,1-2,11-14H2,(H2,24,26)(H,25,29). The molecule has 1 aliphatic heterocycles. The quantitative estimate of drug-likeness (QED) is 0.538. The van der Waals surface area contributed by atoms with E-state index in [1.165, 1.54) is 35.3 Å². The molecule has 2 aromatic carbocycles. The average molecular weight is 423 g/mol. The van der Waals surface area contributed by atoms with Gasteiger partial charge in [0.25, 0.3) is 0 Å². The zero-order valence-corrected chi connectivity index (χ0v) is 17.6. The molecule has 0 saturated carbocycles. The number of phenols is 1. The van der Waals surface area contributed by atoms with E-state index in [1.54, 1.807) is 12.1 Å². The van der Waals surface area contributed by atoms with Crippen molar-refractivity contribution in [1.82, 2.24) is 9.88 Å². The molecule has 0 aliphatic carbocycles. The van der Waals surface area contributed by atoms with Crippen LogP contribution in [0.25, 0.3) is 0 Å². The van der Waals surface area contributed by atoms with Crippen molar-refractivity contribution >= 4 is 28.1 Å². The number of carbonyl (C=O) groups excluding carboxylic acids is 1. The van der Waals surface area contributed by atoms with Gasteiger partial charge in [0, 0.05) is 23.7 Å². The van der Waals surface area contributed by atoms with Gasteiger partial charge in [-0.15, -0.1) is 11.3 Å². The van der Waals surface area contributed by atoms with Crippen molar-refractivity contribution in [2.75, 3.05) is 17.6 Å². The van der Waals surface area contributed by atoms with Crippen LogP contribution in [0.15, 0.2) is 53.9 Å². The molecule has 1 unspecified atom stereocenters. The molecule has 1 aliphatic rings. The summed E-state index contributed by atoms with van der Waals surface area (Å²) in [6.45, 7) is 1.99. The number of amides is 1. The molecule has 1 saturated heterocycles. The summed E-state index contributed by atoms with van der Waals surface area (Å²) in [5.74, 6) is 0.214. The first kappa shape index (κ1) is 20.4. The Kier molecular flexibility index (Phi) is 6.30. The van der Waals surface area contributed by atoms with Crippen LogP contribution in [0.3, 0.4) is 0 Å². The lowest BCUT2D eigenvalue weighted by Crippen LogP contribution is -2.30. The molecule has 4 N–H and O–H groups in total. The number of nitrogens with one attached hydrogen (secondary N) is 1. The number of hydrogen-bond donors (Lipinski definition) is 3. The number of nitrogen functional groups attached to an aromatic ring is 1. The number of nitrogens with two attached hydrogens (primary N) is 1. The predicted octanol–water partition coefficient (Wildman–Crippen LogP) is 3.82. The van der Waals surface area contributed by atoms with Gasteiger partial charge >= 0.3 is 0 Å². The molecule has 1 fully saturated rings. The Hall–Kier alpha value is -2.90. The summed E-state index contributed by atoms with van der Waals surface area (Å²) in [7, 11) is 0. The number of thiazole rings is 1. The smallest absolute Gasteiger partial charge is 0.230 e. The molecular weight excluding hydrogens is 396 g/mol. The van der Waals surface area contributed by atoms with Crippen molar-refractivity contribution in [1.29, 1.82) is 0 Å². The molecule has 1 aromatic heterocycles. The number of aromatic hydroxyl groups is 1. The lowest BCUT2D eigenvalue weighted by molar-refractivity contribution is -0.115. The van der Waals surface area contributed by atoms with Crippen molar-refractivity contribution in [2.24, 2.45) is 0 Å². The molecule has 6 nitrogen and oxygen atoms in total. The molecule has 0 bridgehead atoms. The SMILES string of the molecule is Nc1nc(CC(=O)Nc2ccc(CN3CCCC3Cc3ccc(O)cc3)cc2)cs1. The highest BCUT2D eigenvalue weighted by atomic mass is 32.1. The molecule has 3 aromatic rings. The second kappa shape index (κ2) is 9.28. The Morgan fingerprint density at radius 2 is 1.90 bits per heavy atom. The molecule has 0 radical (unpaired) electrons. The zero-order chi connectivity index (χ0) is 20.9. The average Bonchev–Trinajstić information content (AvgIpc) is 3.33. The summed E-state index contributed by atoms with van der Waals surface area (Å²) in [5.41, 5.74) is 9.58. The molecule has 2 heterocycles. The van der Waals surface area contributed by atoms with Crippen LogP contribution in [0.1, 0.15) is 29.7 Å². The summed E-state index contributed by atoms with van der Waals surface area (Å²) in [5, 5.41) is 14.7. The van der Waals surface area contributed by atoms with Gasteiger partial charge in [-0.1, -0.05) is 24.3 Å². The van der Waals surface area contributed by atoms with Gasteiger partial charge in [0.05, 0.1) is 12.1 Å². The summed E-state index contributed by atoms with van der Waals surface area (Å²) in [6, 6.07) is 16.1. The predicted molar refractivity (Wildman–Crippen MR) is 121 cm³/mol. The Morgan fingerprint density at radius 3 is 2.60 bits per heavy atom. The van der Waals surface area contributed by atoms with E-state index in [9.17, 15) is 9.90 Å². The number of rotatable bonds is 7. The highest BCUT2D eigenvalue weighted by Crippen LogP contribution is 2.24. The number of aromatic nitrogens is 1. The number of anilines is 2. The lowest BCUT2D eigenvalue weighted by atomic mass is 10.0. The normalized spacial score (nSPS) is 16.6. The summed E-state index contributed by atoms with van der Waals surface area (Å²) in [6.07, 6.45) is 3.62. The van der Waals surface area contributed by atoms with Crippen molar-refractivity contribution in [3.8, 4) is 5.75 Å². The molecule has 7 heteroatoms. The Balaban J connectivity index is 1.31. The van der Waals surface area contributed by atoms with Gasteiger partial charge < -0.3 is 16.2 Å². The van der Waals surface area contributed by atoms with Gasteiger partial charge in [0.15, 0.2) is 5.13 Å². The first-order chi connectivity index (χ1) is 14.5. The fraction of sp³-hybridized carbons (Fsp3) is 0.304. The van der Waals surface area contributed by atoms with Gasteiger partial charge in [-0.25, -0.2) is 4.98 Å². The first-order valence-electron chi connectivity index (χ1n) is 10.2. The molecule has 1 amide bonds. The Bertz CT molecular complexity index is 985. The van der Waals surface area contributed by atoms with Crippen molar-refractivity contribution in [2.45, 2.75) is 38.3 Å². The zero-order valence-electron chi connectivity index (χ0n) is 16.8. The summed E-state index contributed by atoms with van der Waals surface area (Å²) in [4.78, 5) is 18.8. The van der Waals surface area contributed by atoms with Crippen molar-refractivity contribution < 1.29 is 9.90 Å². The number of hydrogen-bond acceptors (Lipinski definition) is 6. The van der Waals surface area contributed by atoms with Gasteiger partial charge in [-0.05, 0) is 61.2 Å². The fourth-order valence-electron chi connectivity index (χ4n) is 3.94. The van der Waals surface area contributed by atoms with E-state index in [0.717, 1.165) is 25.2 Å². The number of benzene rings is 2. The summed E-state index contributed by atoms with van der Waals surface area (Å²) >= 11 is 1.34. The molecule has 30 heavy (non-hydrogen) atoms. The van der Waals surface area contributed by atoms with Crippen LogP contribution < -0.4 is 11.1 Å². The van der Waals surface area contributed by atoms with Gasteiger partial charge in [-0.2, -0.15) is 0 Å². The highest BCUT2D eigenvalue weighted by Gasteiger charge is 2.24. The minimum absolute atomic E-state index is 0.0958. The number of carbonyl (C=O) groups is 1. The number of nitrogens with zero attached hydrogens (tertiary/aromatic N) is 2. The van der Waals surface area contributed by atoms with E-state index in [0.29, 0.717) is 22.6 Å². The van der Waals surface area contributed by atoms with Gasteiger partial charge in [0.1, 0.15) is 5.75 Å². The van der Waals surface area contributed by atoms with Crippen LogP contribution in [-0.4, -0.2) is 33.5 Å². The Morgan fingerprint density at radius 1 is 1.17 bits per heavy atom. The van der Waals surface area contributed by atoms with E-state index < -0.39 is 0 Å². The van der Waals surface area contributed by atoms with Gasteiger partial charge in [-0.3, -0.25) is 9.69 Å². The third-order valence-electron chi connectivity index (χ3n) is 5.44. The van der Waals surface area contributed by atoms with Crippen molar-refractivity contribution in [3.63, 3.8) is 0 Å². The van der Waals surface area contributed by atoms with E-state index in [1.807, 2.05) is 29.6 Å². The molecule has 4 rings (SSSR count). The second-order valence-electron chi connectivity index (χ2n) is 7.74. The van der Waals surface area contributed by atoms with Crippen LogP contribution in [0.4, 0.5) is 10.8 Å². The first-order valence-corrected chi connectivity index (χ1v) is 11.0. The second-order valence-corrected chi connectivity index (χ2v) is 8.63. The van der Waals surface area contributed by atoms with Crippen molar-refractivity contribution in [3.05, 3.63) is 70.7 Å². The van der Waals surface area contributed by atoms with Crippen LogP contribution in [0.2, 0.25) is 0 Å². The Labute approximate surface area is 180 Å². The lowest BCUT2D eigenvalue weighted by Gasteiger charge is -2.24. The fourth-order valence-corrected chi connectivity index (χ4v) is 4.50. The third-order valence-corrected chi connectivity index (χ3v) is 6.16. The largest absolute Gasteiger partial charge is 0.508 e. The minimum atomic E-state index is -0.0958. The number of phenolic OH excluding ortho intramolecular Hbond substituents is 1. The monoisotopic (exact) mass is 422 g/mol. The van der Waals surface area contributed by atoms with Gasteiger partial charge in [0.2, 0.25) is 5.91 Å². The molecule has 0 spiro atoms. The van der Waals surface area contributed by atoms with Crippen LogP contribution in [0.5, 0.6) is 5.75 Å². The minimum Gasteiger partial charge on any atom is -0.508 e. The van der Waals surface area contributed by atoms with E-state index in [2.05, 4.69) is 27.3 Å². The maximum Gasteiger partial charge on any atom is 0.230 e.